The Morgan fingerprint density at radius 1 is 1.61 bits per heavy atom. The maximum absolute atomic E-state index is 11.9. The first-order valence-electron chi connectivity index (χ1n) is 6.43. The van der Waals surface area contributed by atoms with Gasteiger partial charge >= 0.3 is 6.03 Å². The normalized spacial score (nSPS) is 31.3. The van der Waals surface area contributed by atoms with Crippen molar-refractivity contribution in [2.24, 2.45) is 0 Å². The maximum atomic E-state index is 11.9. The van der Waals surface area contributed by atoms with Crippen molar-refractivity contribution in [3.63, 3.8) is 0 Å². The fourth-order valence-corrected chi connectivity index (χ4v) is 2.78. The molecule has 3 heterocycles. The molecule has 0 saturated carbocycles. The van der Waals surface area contributed by atoms with Crippen LogP contribution in [-0.2, 0) is 4.74 Å². The molecule has 0 aromatic carbocycles. The molecule has 18 heavy (non-hydrogen) atoms. The molecule has 0 aliphatic carbocycles. The number of rotatable bonds is 3. The Labute approximate surface area is 105 Å². The molecule has 0 spiro atoms. The van der Waals surface area contributed by atoms with E-state index in [0.29, 0.717) is 6.10 Å². The highest BCUT2D eigenvalue weighted by Crippen LogP contribution is 2.34. The number of ether oxygens (including phenoxy) is 1. The average molecular weight is 250 g/mol. The number of hydrogen-bond acceptors (Lipinski definition) is 3. The van der Waals surface area contributed by atoms with E-state index in [-0.39, 0.29) is 24.2 Å². The van der Waals surface area contributed by atoms with Crippen LogP contribution in [0, 0.1) is 0 Å². The number of urea groups is 1. The molecule has 1 unspecified atom stereocenters. The van der Waals surface area contributed by atoms with Crippen LogP contribution in [0.25, 0.3) is 0 Å². The van der Waals surface area contributed by atoms with Gasteiger partial charge in [-0.05, 0) is 26.2 Å². The molecule has 2 aliphatic heterocycles. The molecule has 98 valence electrons. The van der Waals surface area contributed by atoms with Crippen LogP contribution in [0.4, 0.5) is 4.79 Å². The monoisotopic (exact) mass is 250 g/mol. The van der Waals surface area contributed by atoms with Gasteiger partial charge in [-0.1, -0.05) is 0 Å². The third-order valence-corrected chi connectivity index (χ3v) is 3.79. The molecule has 4 atom stereocenters. The van der Waals surface area contributed by atoms with Gasteiger partial charge in [0.1, 0.15) is 0 Å². The molecule has 2 saturated heterocycles. The zero-order valence-electron chi connectivity index (χ0n) is 10.3. The van der Waals surface area contributed by atoms with Crippen molar-refractivity contribution in [1.29, 1.82) is 0 Å². The summed E-state index contributed by atoms with van der Waals surface area (Å²) < 4.78 is 5.71. The van der Waals surface area contributed by atoms with Crippen molar-refractivity contribution in [2.45, 2.75) is 50.5 Å². The second-order valence-electron chi connectivity index (χ2n) is 5.09. The zero-order chi connectivity index (χ0) is 12.5. The summed E-state index contributed by atoms with van der Waals surface area (Å²) in [5.74, 6) is 0. The molecule has 3 rings (SSSR count). The molecular formula is C12H18N4O2. The van der Waals surface area contributed by atoms with Crippen molar-refractivity contribution in [1.82, 2.24) is 20.8 Å². The standard InChI is InChI=1S/C12H18N4O2/c1-7(8-5-13-14-6-8)15-12(17)16-10-4-9-2-3-11(10)18-9/h5-7,9-11H,2-4H2,1H3,(H,13,14)(H2,15,16,17)/t7?,9-,10+,11+/m0/s1. The van der Waals surface area contributed by atoms with E-state index in [1.54, 1.807) is 12.4 Å². The third kappa shape index (κ3) is 2.20. The van der Waals surface area contributed by atoms with Gasteiger partial charge in [-0.25, -0.2) is 4.79 Å². The lowest BCUT2D eigenvalue weighted by Gasteiger charge is -2.21. The summed E-state index contributed by atoms with van der Waals surface area (Å²) in [6.45, 7) is 1.93. The van der Waals surface area contributed by atoms with Crippen molar-refractivity contribution >= 4 is 6.03 Å². The summed E-state index contributed by atoms with van der Waals surface area (Å²) in [5, 5.41) is 12.5. The van der Waals surface area contributed by atoms with Gasteiger partial charge in [-0.15, -0.1) is 0 Å². The second-order valence-corrected chi connectivity index (χ2v) is 5.09. The van der Waals surface area contributed by atoms with Crippen molar-refractivity contribution in [3.05, 3.63) is 18.0 Å². The number of H-pyrrole nitrogens is 1. The lowest BCUT2D eigenvalue weighted by molar-refractivity contribution is 0.0980. The second kappa shape index (κ2) is 4.61. The average Bonchev–Trinajstić information content (AvgIpc) is 3.06. The summed E-state index contributed by atoms with van der Waals surface area (Å²) >= 11 is 0. The van der Waals surface area contributed by atoms with E-state index in [2.05, 4.69) is 20.8 Å². The minimum Gasteiger partial charge on any atom is -0.373 e. The highest BCUT2D eigenvalue weighted by atomic mass is 16.5. The molecule has 1 aromatic heterocycles. The number of aromatic nitrogens is 2. The summed E-state index contributed by atoms with van der Waals surface area (Å²) in [5.41, 5.74) is 0.967. The first kappa shape index (κ1) is 11.5. The molecule has 3 N–H and O–H groups in total. The zero-order valence-corrected chi connectivity index (χ0v) is 10.3. The number of nitrogens with one attached hydrogen (secondary N) is 3. The Morgan fingerprint density at radius 2 is 2.50 bits per heavy atom. The Hall–Kier alpha value is -1.56. The fraction of sp³-hybridized carbons (Fsp3) is 0.667. The third-order valence-electron chi connectivity index (χ3n) is 3.79. The molecule has 2 bridgehead atoms. The van der Waals surface area contributed by atoms with Crippen molar-refractivity contribution in [3.8, 4) is 0 Å². The highest BCUT2D eigenvalue weighted by molar-refractivity contribution is 5.74. The summed E-state index contributed by atoms with van der Waals surface area (Å²) in [4.78, 5) is 11.9. The summed E-state index contributed by atoms with van der Waals surface area (Å²) in [6, 6.07) is -0.0200. The van der Waals surface area contributed by atoms with Crippen LogP contribution >= 0.6 is 0 Å². The number of nitrogens with zero attached hydrogens (tertiary/aromatic N) is 1. The van der Waals surface area contributed by atoms with Crippen LogP contribution in [0.3, 0.4) is 0 Å². The first-order chi connectivity index (χ1) is 8.72. The predicted octanol–water partition coefficient (Wildman–Crippen LogP) is 1.09. The van der Waals surface area contributed by atoms with Crippen LogP contribution in [-0.4, -0.2) is 34.5 Å². The van der Waals surface area contributed by atoms with E-state index < -0.39 is 0 Å². The number of hydrogen-bond donors (Lipinski definition) is 3. The molecule has 6 heteroatoms. The van der Waals surface area contributed by atoms with Crippen LogP contribution in [0.5, 0.6) is 0 Å². The number of amides is 2. The summed E-state index contributed by atoms with van der Waals surface area (Å²) in [6.07, 6.45) is 7.20. The Balaban J connectivity index is 1.50. The Kier molecular flexibility index (Phi) is 2.95. The Bertz CT molecular complexity index is 420. The van der Waals surface area contributed by atoms with Gasteiger partial charge in [0.25, 0.3) is 0 Å². The van der Waals surface area contributed by atoms with Crippen LogP contribution in [0.15, 0.2) is 12.4 Å². The van der Waals surface area contributed by atoms with E-state index >= 15 is 0 Å². The van der Waals surface area contributed by atoms with Crippen LogP contribution in [0.1, 0.15) is 37.8 Å². The van der Waals surface area contributed by atoms with Gasteiger partial charge in [-0.3, -0.25) is 5.10 Å². The minimum atomic E-state index is -0.134. The van der Waals surface area contributed by atoms with Gasteiger partial charge < -0.3 is 15.4 Å². The quantitative estimate of drug-likeness (QED) is 0.751. The van der Waals surface area contributed by atoms with Crippen molar-refractivity contribution in [2.75, 3.05) is 0 Å². The van der Waals surface area contributed by atoms with Gasteiger partial charge in [0, 0.05) is 11.8 Å². The highest BCUT2D eigenvalue weighted by Gasteiger charge is 2.41. The first-order valence-corrected chi connectivity index (χ1v) is 6.43. The van der Waals surface area contributed by atoms with Gasteiger partial charge in [0.2, 0.25) is 0 Å². The number of aromatic amines is 1. The van der Waals surface area contributed by atoms with Crippen molar-refractivity contribution < 1.29 is 9.53 Å². The molecule has 6 nitrogen and oxygen atoms in total. The predicted molar refractivity (Wildman–Crippen MR) is 65.0 cm³/mol. The molecule has 1 aromatic rings. The molecule has 2 aliphatic rings. The van der Waals surface area contributed by atoms with E-state index in [1.807, 2.05) is 6.92 Å². The molecule has 0 radical (unpaired) electrons. The molecule has 2 fully saturated rings. The van der Waals surface area contributed by atoms with Gasteiger partial charge in [-0.2, -0.15) is 5.10 Å². The number of carbonyl (C=O) groups is 1. The molecular weight excluding hydrogens is 232 g/mol. The minimum absolute atomic E-state index is 0.0525. The lowest BCUT2D eigenvalue weighted by Crippen LogP contribution is -2.46. The summed E-state index contributed by atoms with van der Waals surface area (Å²) in [7, 11) is 0. The van der Waals surface area contributed by atoms with E-state index in [0.717, 1.165) is 24.8 Å². The van der Waals surface area contributed by atoms with E-state index in [9.17, 15) is 4.79 Å². The smallest absolute Gasteiger partial charge is 0.315 e. The number of carbonyl (C=O) groups excluding carboxylic acids is 1. The Morgan fingerprint density at radius 3 is 3.11 bits per heavy atom. The van der Waals surface area contributed by atoms with Crippen LogP contribution < -0.4 is 10.6 Å². The maximum Gasteiger partial charge on any atom is 0.315 e. The fourth-order valence-electron chi connectivity index (χ4n) is 2.78. The topological polar surface area (TPSA) is 79.0 Å². The SMILES string of the molecule is CC(NC(=O)N[C@@H]1C[C@@H]2CC[C@H]1O2)c1cn[nH]c1. The van der Waals surface area contributed by atoms with E-state index in [4.69, 9.17) is 4.74 Å². The lowest BCUT2D eigenvalue weighted by atomic mass is 9.96. The largest absolute Gasteiger partial charge is 0.373 e. The number of fused-ring (bicyclic) bond motifs is 2. The molecule has 2 amide bonds. The van der Waals surface area contributed by atoms with Gasteiger partial charge in [0.15, 0.2) is 0 Å². The van der Waals surface area contributed by atoms with E-state index in [1.165, 1.54) is 0 Å². The van der Waals surface area contributed by atoms with Crippen LogP contribution in [0.2, 0.25) is 0 Å². The van der Waals surface area contributed by atoms with Gasteiger partial charge in [0.05, 0.1) is 30.5 Å².